The summed E-state index contributed by atoms with van der Waals surface area (Å²) >= 11 is 0. The summed E-state index contributed by atoms with van der Waals surface area (Å²) in [5.41, 5.74) is 1.88. The molecule has 1 atom stereocenters. The van der Waals surface area contributed by atoms with Gasteiger partial charge >= 0.3 is 5.97 Å². The van der Waals surface area contributed by atoms with E-state index in [1.807, 2.05) is 60.7 Å². The second-order valence-corrected chi connectivity index (χ2v) is 6.10. The van der Waals surface area contributed by atoms with Crippen molar-refractivity contribution in [1.29, 1.82) is 0 Å². The Morgan fingerprint density at radius 1 is 0.680 bits per heavy atom. The molecule has 4 nitrogen and oxygen atoms in total. The molecule has 2 aliphatic heterocycles. The van der Waals surface area contributed by atoms with Gasteiger partial charge in [0.2, 0.25) is 5.72 Å². The molecule has 2 heterocycles. The van der Waals surface area contributed by atoms with Gasteiger partial charge in [-0.2, -0.15) is 0 Å². The number of fused-ring (bicyclic) bond motifs is 4. The SMILES string of the molecule is O=C1OC2(c3ccccc31)c1ccccc1C(=O)N2c1ccccc1. The standard InChI is InChI=1S/C21H13NO3/c23-19-15-10-4-6-12-17(15)21(22(19)14-8-2-1-3-9-14)18-13-7-5-11-16(18)20(24)25-21/h1-13H. The van der Waals surface area contributed by atoms with Crippen molar-refractivity contribution in [2.45, 2.75) is 5.72 Å². The highest BCUT2D eigenvalue weighted by Gasteiger charge is 2.59. The number of para-hydroxylation sites is 1. The Kier molecular flexibility index (Phi) is 2.69. The van der Waals surface area contributed by atoms with E-state index in [9.17, 15) is 9.59 Å². The van der Waals surface area contributed by atoms with Gasteiger partial charge in [-0.15, -0.1) is 0 Å². The summed E-state index contributed by atoms with van der Waals surface area (Å²) in [6, 6.07) is 23.9. The van der Waals surface area contributed by atoms with Crippen molar-refractivity contribution < 1.29 is 14.3 Å². The number of ether oxygens (including phenoxy) is 1. The van der Waals surface area contributed by atoms with Crippen LogP contribution in [0.2, 0.25) is 0 Å². The fourth-order valence-corrected chi connectivity index (χ4v) is 3.79. The maximum absolute atomic E-state index is 13.2. The summed E-state index contributed by atoms with van der Waals surface area (Å²) in [6.45, 7) is 0. The first-order valence-electron chi connectivity index (χ1n) is 8.05. The van der Waals surface area contributed by atoms with E-state index in [1.165, 1.54) is 0 Å². The van der Waals surface area contributed by atoms with E-state index in [0.717, 1.165) is 0 Å². The van der Waals surface area contributed by atoms with E-state index in [0.29, 0.717) is 27.9 Å². The van der Waals surface area contributed by atoms with Gasteiger partial charge in [-0.1, -0.05) is 54.6 Å². The molecule has 3 aromatic carbocycles. The number of rotatable bonds is 1. The van der Waals surface area contributed by atoms with Gasteiger partial charge in [0.25, 0.3) is 5.91 Å². The molecule has 4 heteroatoms. The third kappa shape index (κ3) is 1.66. The summed E-state index contributed by atoms with van der Waals surface area (Å²) in [5, 5.41) is 0. The minimum Gasteiger partial charge on any atom is -0.426 e. The van der Waals surface area contributed by atoms with Gasteiger partial charge in [-0.25, -0.2) is 4.79 Å². The Labute approximate surface area is 144 Å². The zero-order valence-electron chi connectivity index (χ0n) is 13.2. The lowest BCUT2D eigenvalue weighted by Gasteiger charge is -2.34. The maximum Gasteiger partial charge on any atom is 0.341 e. The van der Waals surface area contributed by atoms with Gasteiger partial charge in [0.05, 0.1) is 5.56 Å². The van der Waals surface area contributed by atoms with Gasteiger partial charge in [0.15, 0.2) is 0 Å². The van der Waals surface area contributed by atoms with Crippen LogP contribution in [0.25, 0.3) is 0 Å². The summed E-state index contributed by atoms with van der Waals surface area (Å²) in [7, 11) is 0. The molecular weight excluding hydrogens is 314 g/mol. The van der Waals surface area contributed by atoms with Gasteiger partial charge in [0.1, 0.15) is 0 Å². The number of hydrogen-bond acceptors (Lipinski definition) is 3. The van der Waals surface area contributed by atoms with Crippen molar-refractivity contribution in [2.24, 2.45) is 0 Å². The van der Waals surface area contributed by atoms with E-state index >= 15 is 0 Å². The second kappa shape index (κ2) is 4.80. The van der Waals surface area contributed by atoms with E-state index in [1.54, 1.807) is 23.1 Å². The average molecular weight is 327 g/mol. The number of hydrogen-bond donors (Lipinski definition) is 0. The Balaban J connectivity index is 1.87. The summed E-state index contributed by atoms with van der Waals surface area (Å²) < 4.78 is 5.91. The Bertz CT molecular complexity index is 1020. The predicted octanol–water partition coefficient (Wildman–Crippen LogP) is 3.72. The van der Waals surface area contributed by atoms with E-state index in [-0.39, 0.29) is 5.91 Å². The molecule has 1 spiro atoms. The van der Waals surface area contributed by atoms with Crippen LogP contribution in [-0.2, 0) is 10.5 Å². The topological polar surface area (TPSA) is 46.6 Å². The third-order valence-electron chi connectivity index (χ3n) is 4.81. The van der Waals surface area contributed by atoms with Crippen LogP contribution >= 0.6 is 0 Å². The first kappa shape index (κ1) is 14.0. The van der Waals surface area contributed by atoms with E-state index in [4.69, 9.17) is 4.74 Å². The van der Waals surface area contributed by atoms with Crippen molar-refractivity contribution in [3.05, 3.63) is 101 Å². The molecule has 120 valence electrons. The van der Waals surface area contributed by atoms with E-state index in [2.05, 4.69) is 0 Å². The lowest BCUT2D eigenvalue weighted by atomic mass is 9.92. The van der Waals surface area contributed by atoms with Crippen LogP contribution in [0.5, 0.6) is 0 Å². The Hall–Kier alpha value is -3.40. The fraction of sp³-hybridized carbons (Fsp3) is 0.0476. The lowest BCUT2D eigenvalue weighted by molar-refractivity contribution is 0.0133. The monoisotopic (exact) mass is 327 g/mol. The molecule has 25 heavy (non-hydrogen) atoms. The molecule has 0 aliphatic carbocycles. The van der Waals surface area contributed by atoms with Crippen molar-refractivity contribution in [2.75, 3.05) is 4.90 Å². The molecule has 3 aromatic rings. The highest BCUT2D eigenvalue weighted by molar-refractivity contribution is 6.14. The molecule has 0 N–H and O–H groups in total. The van der Waals surface area contributed by atoms with Crippen LogP contribution in [-0.4, -0.2) is 11.9 Å². The molecule has 0 saturated carbocycles. The molecule has 2 aliphatic rings. The Morgan fingerprint density at radius 3 is 1.96 bits per heavy atom. The number of esters is 1. The van der Waals surface area contributed by atoms with Crippen molar-refractivity contribution in [3.8, 4) is 0 Å². The molecule has 0 aromatic heterocycles. The van der Waals surface area contributed by atoms with Gasteiger partial charge < -0.3 is 4.74 Å². The quantitative estimate of drug-likeness (QED) is 0.640. The number of amides is 1. The molecular formula is C21H13NO3. The third-order valence-corrected chi connectivity index (χ3v) is 4.81. The summed E-state index contributed by atoms with van der Waals surface area (Å²) in [5.74, 6) is -0.590. The highest BCUT2D eigenvalue weighted by Crippen LogP contribution is 2.51. The zero-order valence-corrected chi connectivity index (χ0v) is 13.2. The van der Waals surface area contributed by atoms with Crippen molar-refractivity contribution in [1.82, 2.24) is 0 Å². The summed E-state index contributed by atoms with van der Waals surface area (Å²) in [4.78, 5) is 27.4. The van der Waals surface area contributed by atoms with Crippen LogP contribution in [0.4, 0.5) is 5.69 Å². The molecule has 1 unspecified atom stereocenters. The van der Waals surface area contributed by atoms with Crippen molar-refractivity contribution in [3.63, 3.8) is 0 Å². The predicted molar refractivity (Wildman–Crippen MR) is 92.3 cm³/mol. The first-order valence-corrected chi connectivity index (χ1v) is 8.05. The van der Waals surface area contributed by atoms with Crippen LogP contribution in [0, 0.1) is 0 Å². The number of anilines is 1. The van der Waals surface area contributed by atoms with E-state index < -0.39 is 11.7 Å². The van der Waals surface area contributed by atoms with Crippen LogP contribution in [0.3, 0.4) is 0 Å². The molecule has 1 amide bonds. The number of carbonyl (C=O) groups is 2. The van der Waals surface area contributed by atoms with Gasteiger partial charge in [-0.3, -0.25) is 9.69 Å². The summed E-state index contributed by atoms with van der Waals surface area (Å²) in [6.07, 6.45) is 0. The number of nitrogens with zero attached hydrogens (tertiary/aromatic N) is 1. The first-order chi connectivity index (χ1) is 12.2. The second-order valence-electron chi connectivity index (χ2n) is 6.10. The largest absolute Gasteiger partial charge is 0.426 e. The van der Waals surface area contributed by atoms with Crippen LogP contribution < -0.4 is 4.90 Å². The molecule has 0 radical (unpaired) electrons. The minimum absolute atomic E-state index is 0.175. The van der Waals surface area contributed by atoms with Crippen molar-refractivity contribution >= 4 is 17.6 Å². The molecule has 0 fully saturated rings. The molecule has 5 rings (SSSR count). The average Bonchev–Trinajstić information content (AvgIpc) is 3.09. The van der Waals surface area contributed by atoms with Crippen LogP contribution in [0.1, 0.15) is 31.8 Å². The van der Waals surface area contributed by atoms with Crippen LogP contribution in [0.15, 0.2) is 78.9 Å². The normalized spacial score (nSPS) is 20.6. The minimum atomic E-state index is -1.25. The Morgan fingerprint density at radius 2 is 1.24 bits per heavy atom. The fourth-order valence-electron chi connectivity index (χ4n) is 3.79. The highest BCUT2D eigenvalue weighted by atomic mass is 16.6. The number of carbonyl (C=O) groups excluding carboxylic acids is 2. The number of benzene rings is 3. The smallest absolute Gasteiger partial charge is 0.341 e. The van der Waals surface area contributed by atoms with Gasteiger partial charge in [-0.05, 0) is 24.3 Å². The van der Waals surface area contributed by atoms with Gasteiger partial charge in [0, 0.05) is 22.4 Å². The zero-order chi connectivity index (χ0) is 17.0. The lowest BCUT2D eigenvalue weighted by Crippen LogP contribution is -2.45. The molecule has 0 bridgehead atoms. The maximum atomic E-state index is 13.2. The molecule has 0 saturated heterocycles.